The lowest BCUT2D eigenvalue weighted by Gasteiger charge is -2.30. The van der Waals surface area contributed by atoms with Crippen molar-refractivity contribution < 1.29 is 24.0 Å². The van der Waals surface area contributed by atoms with Crippen LogP contribution in [0.15, 0.2) is 30.3 Å². The highest BCUT2D eigenvalue weighted by Gasteiger charge is 2.40. The first-order valence-corrected chi connectivity index (χ1v) is 13.4. The maximum atomic E-state index is 13.5. The van der Waals surface area contributed by atoms with Gasteiger partial charge in [0.25, 0.3) is 5.91 Å². The summed E-state index contributed by atoms with van der Waals surface area (Å²) in [7, 11) is 0.218. The Hall–Kier alpha value is -2.61. The van der Waals surface area contributed by atoms with Gasteiger partial charge in [-0.25, -0.2) is 13.5 Å². The minimum absolute atomic E-state index is 0.0856. The molecule has 37 heavy (non-hydrogen) atoms. The molecule has 0 unspecified atom stereocenters. The molecule has 0 spiro atoms. The van der Waals surface area contributed by atoms with Gasteiger partial charge in [-0.3, -0.25) is 4.79 Å². The average Bonchev–Trinajstić information content (AvgIpc) is 3.19. The summed E-state index contributed by atoms with van der Waals surface area (Å²) < 4.78 is 19.9. The number of hydrogen-bond acceptors (Lipinski definition) is 6. The Bertz CT molecular complexity index is 1220. The minimum atomic E-state index is -1.35. The van der Waals surface area contributed by atoms with Crippen molar-refractivity contribution in [3.05, 3.63) is 52.7 Å². The molecule has 1 aromatic carbocycles. The van der Waals surface area contributed by atoms with Gasteiger partial charge in [-0.05, 0) is 64.8 Å². The van der Waals surface area contributed by atoms with Crippen LogP contribution in [0.1, 0.15) is 74.3 Å². The van der Waals surface area contributed by atoms with Crippen LogP contribution in [0.5, 0.6) is 0 Å². The number of methoxy groups -OCH3 is 1. The smallest absolute Gasteiger partial charge is 0.269 e. The number of pyridine rings is 1. The summed E-state index contributed by atoms with van der Waals surface area (Å²) in [6.07, 6.45) is 0.376. The SMILES string of the molecule is COCCNC(=O)c1cc2c(c(-c3cccc(C#CC(C)(C)O)c3)n1)[C@H](CCO)N([S@@](=O)C(C)(C)C)C2. The number of aromatic nitrogens is 1. The zero-order valence-electron chi connectivity index (χ0n) is 22.4. The quantitative estimate of drug-likeness (QED) is 0.360. The summed E-state index contributed by atoms with van der Waals surface area (Å²) in [4.78, 5) is 17.7. The molecule has 3 N–H and O–H groups in total. The van der Waals surface area contributed by atoms with E-state index in [0.717, 1.165) is 16.7 Å². The molecule has 0 saturated heterocycles. The monoisotopic (exact) mass is 527 g/mol. The van der Waals surface area contributed by atoms with E-state index in [0.29, 0.717) is 37.4 Å². The van der Waals surface area contributed by atoms with E-state index < -0.39 is 21.3 Å². The predicted molar refractivity (Wildman–Crippen MR) is 145 cm³/mol. The van der Waals surface area contributed by atoms with Crippen LogP contribution in [0.4, 0.5) is 0 Å². The van der Waals surface area contributed by atoms with Crippen molar-refractivity contribution in [1.29, 1.82) is 0 Å². The molecule has 9 heteroatoms. The lowest BCUT2D eigenvalue weighted by Crippen LogP contribution is -2.36. The van der Waals surface area contributed by atoms with Crippen LogP contribution in [0.2, 0.25) is 0 Å². The maximum absolute atomic E-state index is 13.5. The van der Waals surface area contributed by atoms with Gasteiger partial charge in [-0.1, -0.05) is 24.0 Å². The van der Waals surface area contributed by atoms with E-state index in [-0.39, 0.29) is 24.2 Å². The van der Waals surface area contributed by atoms with Crippen LogP contribution >= 0.6 is 0 Å². The van der Waals surface area contributed by atoms with E-state index in [9.17, 15) is 19.2 Å². The molecule has 2 heterocycles. The van der Waals surface area contributed by atoms with E-state index >= 15 is 0 Å². The van der Waals surface area contributed by atoms with Gasteiger partial charge in [0, 0.05) is 43.5 Å². The number of fused-ring (bicyclic) bond motifs is 1. The summed E-state index contributed by atoms with van der Waals surface area (Å²) in [5, 5.41) is 22.7. The number of carbonyl (C=O) groups is 1. The average molecular weight is 528 g/mol. The zero-order chi connectivity index (χ0) is 27.4. The molecule has 0 fully saturated rings. The Morgan fingerprint density at radius 3 is 2.62 bits per heavy atom. The lowest BCUT2D eigenvalue weighted by molar-refractivity contribution is 0.0932. The van der Waals surface area contributed by atoms with Gasteiger partial charge >= 0.3 is 0 Å². The second-order valence-electron chi connectivity index (χ2n) is 10.5. The van der Waals surface area contributed by atoms with Gasteiger partial charge in [0.15, 0.2) is 0 Å². The number of rotatable bonds is 8. The Morgan fingerprint density at radius 2 is 2.00 bits per heavy atom. The largest absolute Gasteiger partial charge is 0.396 e. The number of ether oxygens (including phenoxy) is 1. The molecule has 2 aromatic rings. The minimum Gasteiger partial charge on any atom is -0.396 e. The number of carbonyl (C=O) groups excluding carboxylic acids is 1. The highest BCUT2D eigenvalue weighted by atomic mass is 32.2. The first kappa shape index (κ1) is 29.0. The summed E-state index contributed by atoms with van der Waals surface area (Å²) >= 11 is 0. The summed E-state index contributed by atoms with van der Waals surface area (Å²) in [6, 6.07) is 8.87. The summed E-state index contributed by atoms with van der Waals surface area (Å²) in [5.41, 5.74) is 2.85. The number of nitrogens with zero attached hydrogens (tertiary/aromatic N) is 2. The first-order chi connectivity index (χ1) is 17.4. The molecule has 200 valence electrons. The lowest BCUT2D eigenvalue weighted by atomic mass is 9.95. The highest BCUT2D eigenvalue weighted by molar-refractivity contribution is 7.84. The fraction of sp³-hybridized carbons (Fsp3) is 0.500. The number of aliphatic hydroxyl groups is 2. The third kappa shape index (κ3) is 7.24. The van der Waals surface area contributed by atoms with E-state index in [2.05, 4.69) is 17.2 Å². The van der Waals surface area contributed by atoms with Crippen molar-refractivity contribution in [2.75, 3.05) is 26.9 Å². The summed E-state index contributed by atoms with van der Waals surface area (Å²) in [5.74, 6) is 5.49. The zero-order valence-corrected chi connectivity index (χ0v) is 23.2. The molecule has 1 aliphatic rings. The third-order valence-corrected chi connectivity index (χ3v) is 7.62. The fourth-order valence-electron chi connectivity index (χ4n) is 4.13. The Balaban J connectivity index is 2.18. The standard InChI is InChI=1S/C28H37N3O5S/c1-27(2,3)37(35)31-18-21-17-22(26(33)29-13-15-36-6)30-25(24(21)23(31)11-14-32)20-9-7-8-19(16-20)10-12-28(4,5)34/h7-9,16-17,23,32,34H,11,13-15,18H2,1-6H3,(H,29,33)/t23-,37-/m0/s1. The van der Waals surface area contributed by atoms with Gasteiger partial charge in [-0.15, -0.1) is 0 Å². The Labute approximate surface area is 222 Å². The van der Waals surface area contributed by atoms with Gasteiger partial charge in [-0.2, -0.15) is 0 Å². The first-order valence-electron chi connectivity index (χ1n) is 12.3. The second-order valence-corrected chi connectivity index (χ2v) is 12.7. The van der Waals surface area contributed by atoms with Crippen molar-refractivity contribution in [3.63, 3.8) is 0 Å². The summed E-state index contributed by atoms with van der Waals surface area (Å²) in [6.45, 7) is 10.00. The van der Waals surface area contributed by atoms with Crippen LogP contribution in [-0.2, 0) is 22.3 Å². The predicted octanol–water partition coefficient (Wildman–Crippen LogP) is 2.95. The van der Waals surface area contributed by atoms with Gasteiger partial charge in [0.1, 0.15) is 22.3 Å². The molecule has 2 atom stereocenters. The van der Waals surface area contributed by atoms with Crippen molar-refractivity contribution >= 4 is 16.9 Å². The number of aliphatic hydroxyl groups excluding tert-OH is 1. The van der Waals surface area contributed by atoms with E-state index in [4.69, 9.17) is 9.72 Å². The van der Waals surface area contributed by atoms with E-state index in [1.807, 2.05) is 49.3 Å². The van der Waals surface area contributed by atoms with Crippen molar-refractivity contribution in [3.8, 4) is 23.1 Å². The molecule has 8 nitrogen and oxygen atoms in total. The molecule has 1 aliphatic heterocycles. The Morgan fingerprint density at radius 1 is 1.27 bits per heavy atom. The van der Waals surface area contributed by atoms with Crippen LogP contribution < -0.4 is 5.32 Å². The van der Waals surface area contributed by atoms with Gasteiger partial charge < -0.3 is 20.3 Å². The van der Waals surface area contributed by atoms with Crippen LogP contribution in [0.25, 0.3) is 11.3 Å². The molecule has 0 radical (unpaired) electrons. The van der Waals surface area contributed by atoms with Crippen molar-refractivity contribution in [2.24, 2.45) is 0 Å². The fourth-order valence-corrected chi connectivity index (χ4v) is 5.53. The van der Waals surface area contributed by atoms with Crippen LogP contribution in [0, 0.1) is 11.8 Å². The topological polar surface area (TPSA) is 112 Å². The van der Waals surface area contributed by atoms with Crippen molar-refractivity contribution in [1.82, 2.24) is 14.6 Å². The molecule has 0 aliphatic carbocycles. The third-order valence-electron chi connectivity index (χ3n) is 5.76. The number of hydrogen-bond donors (Lipinski definition) is 3. The number of amides is 1. The van der Waals surface area contributed by atoms with Crippen LogP contribution in [0.3, 0.4) is 0 Å². The van der Waals surface area contributed by atoms with E-state index in [1.54, 1.807) is 27.0 Å². The maximum Gasteiger partial charge on any atom is 0.269 e. The van der Waals surface area contributed by atoms with Gasteiger partial charge in [0.2, 0.25) is 0 Å². The molecule has 0 saturated carbocycles. The highest BCUT2D eigenvalue weighted by Crippen LogP contribution is 2.44. The number of nitrogens with one attached hydrogen (secondary N) is 1. The number of benzene rings is 1. The normalized spacial score (nSPS) is 16.6. The second kappa shape index (κ2) is 11.8. The molecule has 1 aromatic heterocycles. The molecular weight excluding hydrogens is 490 g/mol. The molecule has 0 bridgehead atoms. The van der Waals surface area contributed by atoms with Crippen molar-refractivity contribution in [2.45, 2.75) is 64.0 Å². The molecule has 3 rings (SSSR count). The van der Waals surface area contributed by atoms with Gasteiger partial charge in [0.05, 0.1) is 23.1 Å². The van der Waals surface area contributed by atoms with Crippen LogP contribution in [-0.4, -0.2) is 66.8 Å². The molecular formula is C28H37N3O5S. The molecule has 1 amide bonds. The Kier molecular flexibility index (Phi) is 9.27. The van der Waals surface area contributed by atoms with E-state index in [1.165, 1.54) is 0 Å².